The molecule has 8 heteroatoms. The number of aromatic nitrogens is 2. The molecule has 25 heavy (non-hydrogen) atoms. The van der Waals surface area contributed by atoms with Crippen molar-refractivity contribution in [3.05, 3.63) is 44.2 Å². The molecule has 2 heterocycles. The fraction of sp³-hybridized carbons (Fsp3) is 0.294. The molecule has 0 radical (unpaired) electrons. The number of hydrogen-bond donors (Lipinski definition) is 2. The van der Waals surface area contributed by atoms with Crippen molar-refractivity contribution in [3.63, 3.8) is 0 Å². The Hall–Kier alpha value is -1.80. The maximum atomic E-state index is 12.9. The number of rotatable bonds is 4. The average molecular weight is 470 g/mol. The summed E-state index contributed by atoms with van der Waals surface area (Å²) in [7, 11) is 5.18. The molecule has 0 saturated heterocycles. The van der Waals surface area contributed by atoms with E-state index in [1.807, 2.05) is 18.2 Å². The van der Waals surface area contributed by atoms with Gasteiger partial charge in [0.25, 0.3) is 0 Å². The van der Waals surface area contributed by atoms with Crippen molar-refractivity contribution in [2.24, 2.45) is 0 Å². The van der Waals surface area contributed by atoms with Crippen LogP contribution in [0.1, 0.15) is 22.9 Å². The number of imidazole rings is 1. The van der Waals surface area contributed by atoms with Gasteiger partial charge >= 0.3 is 0 Å². The number of amides is 1. The highest BCUT2D eigenvalue weighted by Crippen LogP contribution is 2.37. The lowest BCUT2D eigenvalue weighted by Gasteiger charge is -2.19. The van der Waals surface area contributed by atoms with E-state index < -0.39 is 0 Å². The van der Waals surface area contributed by atoms with Gasteiger partial charge in [0.15, 0.2) is 0 Å². The van der Waals surface area contributed by atoms with E-state index in [4.69, 9.17) is 4.74 Å². The largest absolute Gasteiger partial charge is 0.494 e. The Morgan fingerprint density at radius 1 is 1.36 bits per heavy atom. The Labute approximate surface area is 162 Å². The molecule has 0 saturated carbocycles. The van der Waals surface area contributed by atoms with Gasteiger partial charge in [-0.3, -0.25) is 4.79 Å². The van der Waals surface area contributed by atoms with Gasteiger partial charge in [0.1, 0.15) is 5.75 Å². The normalized spacial score (nSPS) is 16.6. The van der Waals surface area contributed by atoms with E-state index in [0.29, 0.717) is 12.4 Å². The van der Waals surface area contributed by atoms with Crippen LogP contribution in [0.2, 0.25) is 0 Å². The molecule has 1 unspecified atom stereocenters. The second-order valence-corrected chi connectivity index (χ2v) is 7.46. The smallest absolute Gasteiger partial charge is 0.235 e. The zero-order chi connectivity index (χ0) is 18.1. The number of benzene rings is 1. The predicted molar refractivity (Wildman–Crippen MR) is 105 cm³/mol. The minimum Gasteiger partial charge on any atom is -0.494 e. The molecule has 2 aromatic rings. The molecule has 132 valence electrons. The summed E-state index contributed by atoms with van der Waals surface area (Å²) in [5.41, 5.74) is 2.61. The van der Waals surface area contributed by atoms with Gasteiger partial charge in [-0.25, -0.2) is 4.98 Å². The summed E-state index contributed by atoms with van der Waals surface area (Å²) in [5, 5.41) is 2.99. The van der Waals surface area contributed by atoms with Crippen molar-refractivity contribution in [3.8, 4) is 5.75 Å². The van der Waals surface area contributed by atoms with Crippen LogP contribution in [0.4, 0.5) is 5.95 Å². The van der Waals surface area contributed by atoms with E-state index in [-0.39, 0.29) is 11.8 Å². The van der Waals surface area contributed by atoms with E-state index in [1.54, 1.807) is 32.3 Å². The van der Waals surface area contributed by atoms with Crippen LogP contribution in [0.5, 0.6) is 5.75 Å². The summed E-state index contributed by atoms with van der Waals surface area (Å²) < 4.78 is 7.03. The maximum Gasteiger partial charge on any atom is 0.235 e. The molecule has 1 aliphatic rings. The van der Waals surface area contributed by atoms with Crippen LogP contribution in [0, 0.1) is 0 Å². The molecule has 6 nitrogen and oxygen atoms in total. The number of carbonyl (C=O) groups is 1. The van der Waals surface area contributed by atoms with E-state index in [1.165, 1.54) is 0 Å². The summed E-state index contributed by atoms with van der Waals surface area (Å²) in [5.74, 6) is 1.05. The third kappa shape index (κ3) is 3.46. The van der Waals surface area contributed by atoms with Crippen LogP contribution in [0.25, 0.3) is 6.08 Å². The van der Waals surface area contributed by atoms with Crippen LogP contribution in [0.15, 0.2) is 27.3 Å². The van der Waals surface area contributed by atoms with Gasteiger partial charge in [-0.2, -0.15) is 0 Å². The first-order chi connectivity index (χ1) is 11.9. The molecule has 0 bridgehead atoms. The molecule has 1 aromatic heterocycles. The monoisotopic (exact) mass is 468 g/mol. The molecule has 0 fully saturated rings. The van der Waals surface area contributed by atoms with E-state index >= 15 is 0 Å². The molecule has 1 aromatic carbocycles. The first kappa shape index (κ1) is 18.0. The van der Waals surface area contributed by atoms with Gasteiger partial charge in [0.05, 0.1) is 33.4 Å². The van der Waals surface area contributed by atoms with Crippen LogP contribution in [0.3, 0.4) is 0 Å². The van der Waals surface area contributed by atoms with Crippen LogP contribution in [-0.4, -0.2) is 42.0 Å². The average Bonchev–Trinajstić information content (AvgIpc) is 2.95. The van der Waals surface area contributed by atoms with Crippen LogP contribution >= 0.6 is 31.9 Å². The number of nitrogens with one attached hydrogen (secondary N) is 2. The molecule has 0 spiro atoms. The lowest BCUT2D eigenvalue weighted by molar-refractivity contribution is -0.129. The van der Waals surface area contributed by atoms with Gasteiger partial charge in [0, 0.05) is 20.3 Å². The number of likely N-dealkylation sites (N-methyl/N-ethyl adjacent to an activating group) is 1. The number of nitrogens with zero attached hydrogens (tertiary/aromatic N) is 2. The highest BCUT2D eigenvalue weighted by atomic mass is 79.9. The van der Waals surface area contributed by atoms with Gasteiger partial charge in [-0.15, -0.1) is 0 Å². The highest BCUT2D eigenvalue weighted by molar-refractivity contribution is 9.11. The van der Waals surface area contributed by atoms with E-state index in [2.05, 4.69) is 47.1 Å². The molecular weight excluding hydrogens is 452 g/mol. The zero-order valence-corrected chi connectivity index (χ0v) is 17.2. The van der Waals surface area contributed by atoms with E-state index in [9.17, 15) is 4.79 Å². The lowest BCUT2D eigenvalue weighted by atomic mass is 9.94. The van der Waals surface area contributed by atoms with Gasteiger partial charge in [-0.05, 0) is 62.1 Å². The Balaban J connectivity index is 2.01. The molecular formula is C17H18Br2N4O2. The van der Waals surface area contributed by atoms with Crippen molar-refractivity contribution in [2.75, 3.05) is 26.5 Å². The van der Waals surface area contributed by atoms with Crippen LogP contribution < -0.4 is 10.1 Å². The number of methoxy groups -OCH3 is 1. The summed E-state index contributed by atoms with van der Waals surface area (Å²) in [6.07, 6.45) is 4.15. The van der Waals surface area contributed by atoms with Gasteiger partial charge in [0.2, 0.25) is 11.9 Å². The maximum absolute atomic E-state index is 12.9. The summed E-state index contributed by atoms with van der Waals surface area (Å²) in [4.78, 5) is 22.2. The number of carbonyl (C=O) groups excluding carboxylic acids is 1. The molecule has 2 N–H and O–H groups in total. The quantitative estimate of drug-likeness (QED) is 0.715. The van der Waals surface area contributed by atoms with Crippen molar-refractivity contribution in [1.82, 2.24) is 14.9 Å². The predicted octanol–water partition coefficient (Wildman–Crippen LogP) is 3.75. The SMILES string of the molecule is CNc1nc2c([nH]1)C(Cc1cc(Br)c(OC)c(Br)c1)C(=O)N(C)C=C2. The molecule has 1 amide bonds. The van der Waals surface area contributed by atoms with Crippen molar-refractivity contribution < 1.29 is 9.53 Å². The molecule has 1 aliphatic heterocycles. The summed E-state index contributed by atoms with van der Waals surface area (Å²) in [6.45, 7) is 0. The standard InChI is InChI=1S/C17H18Br2N4O2/c1-20-17-21-13-4-5-23(2)16(24)10(14(13)22-17)6-9-7-11(18)15(25-3)12(19)8-9/h4-5,7-8,10H,6H2,1-3H3,(H2,20,21,22). The topological polar surface area (TPSA) is 70.2 Å². The van der Waals surface area contributed by atoms with Crippen molar-refractivity contribution in [2.45, 2.75) is 12.3 Å². The molecule has 1 atom stereocenters. The van der Waals surface area contributed by atoms with E-state index in [0.717, 1.165) is 31.6 Å². The number of aromatic amines is 1. The summed E-state index contributed by atoms with van der Waals surface area (Å²) in [6, 6.07) is 3.95. The fourth-order valence-electron chi connectivity index (χ4n) is 2.89. The van der Waals surface area contributed by atoms with Crippen molar-refractivity contribution in [1.29, 1.82) is 0 Å². The first-order valence-electron chi connectivity index (χ1n) is 7.69. The third-order valence-corrected chi connectivity index (χ3v) is 5.33. The number of hydrogen-bond acceptors (Lipinski definition) is 4. The number of H-pyrrole nitrogens is 1. The molecule has 0 aliphatic carbocycles. The number of ether oxygens (including phenoxy) is 1. The zero-order valence-electron chi connectivity index (χ0n) is 14.1. The second kappa shape index (κ2) is 7.21. The first-order valence-corrected chi connectivity index (χ1v) is 9.27. The Morgan fingerprint density at radius 2 is 2.04 bits per heavy atom. The minimum atomic E-state index is -0.350. The number of anilines is 1. The fourth-order valence-corrected chi connectivity index (χ4v) is 4.49. The molecule has 3 rings (SSSR count). The third-order valence-electron chi connectivity index (χ3n) is 4.15. The highest BCUT2D eigenvalue weighted by Gasteiger charge is 2.30. The number of fused-ring (bicyclic) bond motifs is 1. The van der Waals surface area contributed by atoms with Crippen LogP contribution in [-0.2, 0) is 11.2 Å². The number of halogens is 2. The summed E-state index contributed by atoms with van der Waals surface area (Å²) >= 11 is 7.04. The second-order valence-electron chi connectivity index (χ2n) is 5.75. The van der Waals surface area contributed by atoms with Gasteiger partial charge < -0.3 is 19.9 Å². The Bertz CT molecular complexity index is 824. The lowest BCUT2D eigenvalue weighted by Crippen LogP contribution is -2.28. The van der Waals surface area contributed by atoms with Gasteiger partial charge in [-0.1, -0.05) is 0 Å². The Morgan fingerprint density at radius 3 is 2.64 bits per heavy atom. The van der Waals surface area contributed by atoms with Crippen molar-refractivity contribution >= 4 is 49.8 Å². The Kier molecular flexibility index (Phi) is 5.19. The minimum absolute atomic E-state index is 0.0179.